The number of aliphatic hydroxyl groups excluding tert-OH is 1. The van der Waals surface area contributed by atoms with E-state index in [1.807, 2.05) is 18.3 Å². The molecule has 1 saturated heterocycles. The summed E-state index contributed by atoms with van der Waals surface area (Å²) in [5.41, 5.74) is 0. The Morgan fingerprint density at radius 3 is 2.69 bits per heavy atom. The van der Waals surface area contributed by atoms with E-state index in [1.54, 1.807) is 0 Å². The molecular formula is C12H20N2OS. The highest BCUT2D eigenvalue weighted by molar-refractivity contribution is 7.14. The third-order valence-corrected chi connectivity index (χ3v) is 4.06. The van der Waals surface area contributed by atoms with Crippen LogP contribution in [0.5, 0.6) is 0 Å². The van der Waals surface area contributed by atoms with Gasteiger partial charge in [-0.05, 0) is 23.9 Å². The maximum Gasteiger partial charge on any atom is 0.0909 e. The van der Waals surface area contributed by atoms with Crippen LogP contribution < -0.4 is 4.90 Å². The van der Waals surface area contributed by atoms with Gasteiger partial charge in [0.2, 0.25) is 0 Å². The predicted octanol–water partition coefficient (Wildman–Crippen LogP) is 1.64. The van der Waals surface area contributed by atoms with Crippen molar-refractivity contribution in [2.45, 2.75) is 19.4 Å². The van der Waals surface area contributed by atoms with E-state index in [4.69, 9.17) is 0 Å². The van der Waals surface area contributed by atoms with Gasteiger partial charge in [-0.25, -0.2) is 0 Å². The minimum Gasteiger partial charge on any atom is -0.392 e. The van der Waals surface area contributed by atoms with Gasteiger partial charge in [0.1, 0.15) is 0 Å². The number of rotatable bonds is 4. The number of hydrogen-bond acceptors (Lipinski definition) is 4. The molecule has 0 spiro atoms. The van der Waals surface area contributed by atoms with Crippen molar-refractivity contribution in [2.24, 2.45) is 0 Å². The first-order valence-corrected chi connectivity index (χ1v) is 6.86. The van der Waals surface area contributed by atoms with E-state index in [2.05, 4.69) is 27.3 Å². The molecule has 2 rings (SSSR count). The van der Waals surface area contributed by atoms with Gasteiger partial charge in [0, 0.05) is 32.7 Å². The number of β-amino-alcohol motifs (C(OH)–C–C–N with tert-alkyl or cyclic N) is 1. The summed E-state index contributed by atoms with van der Waals surface area (Å²) in [5, 5.41) is 13.1. The molecule has 16 heavy (non-hydrogen) atoms. The van der Waals surface area contributed by atoms with Crippen molar-refractivity contribution >= 4 is 16.3 Å². The Labute approximate surface area is 101 Å². The lowest BCUT2D eigenvalue weighted by molar-refractivity contribution is 0.106. The molecule has 3 nitrogen and oxygen atoms in total. The van der Waals surface area contributed by atoms with Crippen LogP contribution in [0.2, 0.25) is 0 Å². The summed E-state index contributed by atoms with van der Waals surface area (Å²) in [7, 11) is 0. The first kappa shape index (κ1) is 11.9. The van der Waals surface area contributed by atoms with E-state index < -0.39 is 0 Å². The molecule has 0 aromatic carbocycles. The van der Waals surface area contributed by atoms with Crippen LogP contribution >= 0.6 is 11.3 Å². The Morgan fingerprint density at radius 1 is 1.38 bits per heavy atom. The molecule has 0 radical (unpaired) electrons. The highest BCUT2D eigenvalue weighted by Gasteiger charge is 2.18. The maximum atomic E-state index is 9.61. The number of nitrogens with zero attached hydrogens (tertiary/aromatic N) is 2. The molecule has 90 valence electrons. The van der Waals surface area contributed by atoms with Crippen LogP contribution in [0.25, 0.3) is 0 Å². The van der Waals surface area contributed by atoms with Gasteiger partial charge in [0.05, 0.1) is 11.1 Å². The Bertz CT molecular complexity index is 294. The molecule has 1 N–H and O–H groups in total. The zero-order valence-corrected chi connectivity index (χ0v) is 10.6. The lowest BCUT2D eigenvalue weighted by Gasteiger charge is -2.36. The minimum absolute atomic E-state index is 0.159. The molecule has 1 atom stereocenters. The van der Waals surface area contributed by atoms with Gasteiger partial charge in [-0.1, -0.05) is 6.92 Å². The lowest BCUT2D eigenvalue weighted by Crippen LogP contribution is -2.48. The van der Waals surface area contributed by atoms with Crippen LogP contribution in [0.3, 0.4) is 0 Å². The van der Waals surface area contributed by atoms with Crippen LogP contribution in [0.4, 0.5) is 5.00 Å². The highest BCUT2D eigenvalue weighted by Crippen LogP contribution is 2.22. The van der Waals surface area contributed by atoms with E-state index in [9.17, 15) is 5.11 Å². The Kier molecular flexibility index (Phi) is 4.21. The van der Waals surface area contributed by atoms with Crippen LogP contribution in [0.15, 0.2) is 17.5 Å². The number of piperazine rings is 1. The van der Waals surface area contributed by atoms with Crippen molar-refractivity contribution in [3.05, 3.63) is 17.5 Å². The summed E-state index contributed by atoms with van der Waals surface area (Å²) in [4.78, 5) is 4.79. The SMILES string of the molecule is CCC(O)CN1CCN(c2cccs2)CC1. The number of thiophene rings is 1. The zero-order valence-electron chi connectivity index (χ0n) is 9.80. The maximum absolute atomic E-state index is 9.61. The smallest absolute Gasteiger partial charge is 0.0909 e. The van der Waals surface area contributed by atoms with E-state index in [0.717, 1.165) is 39.1 Å². The molecule has 0 aliphatic carbocycles. The van der Waals surface area contributed by atoms with Gasteiger partial charge in [-0.15, -0.1) is 11.3 Å². The van der Waals surface area contributed by atoms with Crippen LogP contribution in [-0.2, 0) is 0 Å². The third-order valence-electron chi connectivity index (χ3n) is 3.13. The average molecular weight is 240 g/mol. The Morgan fingerprint density at radius 2 is 2.12 bits per heavy atom. The van der Waals surface area contributed by atoms with Crippen molar-refractivity contribution < 1.29 is 5.11 Å². The topological polar surface area (TPSA) is 26.7 Å². The van der Waals surface area contributed by atoms with Crippen LogP contribution in [0, 0.1) is 0 Å². The fraction of sp³-hybridized carbons (Fsp3) is 0.667. The Hall–Kier alpha value is -0.580. The minimum atomic E-state index is -0.159. The summed E-state index contributed by atoms with van der Waals surface area (Å²) in [6.07, 6.45) is 0.693. The summed E-state index contributed by atoms with van der Waals surface area (Å²) in [6.45, 7) is 7.15. The van der Waals surface area contributed by atoms with Gasteiger partial charge >= 0.3 is 0 Å². The molecule has 0 bridgehead atoms. The van der Waals surface area contributed by atoms with Gasteiger partial charge in [-0.3, -0.25) is 4.90 Å². The number of aliphatic hydroxyl groups is 1. The normalized spacial score (nSPS) is 20.0. The fourth-order valence-electron chi connectivity index (χ4n) is 2.03. The van der Waals surface area contributed by atoms with E-state index in [0.29, 0.717) is 0 Å². The van der Waals surface area contributed by atoms with Crippen molar-refractivity contribution in [1.82, 2.24) is 4.90 Å². The summed E-state index contributed by atoms with van der Waals surface area (Å²) in [5.74, 6) is 0. The van der Waals surface area contributed by atoms with Crippen molar-refractivity contribution in [1.29, 1.82) is 0 Å². The second-order valence-corrected chi connectivity index (χ2v) is 5.23. The van der Waals surface area contributed by atoms with Gasteiger partial charge in [0.25, 0.3) is 0 Å². The standard InChI is InChI=1S/C12H20N2OS/c1-2-11(15)10-13-5-7-14(8-6-13)12-4-3-9-16-12/h3-4,9,11,15H,2,5-8,10H2,1H3. The summed E-state index contributed by atoms with van der Waals surface area (Å²) < 4.78 is 0. The molecule has 1 aliphatic rings. The van der Waals surface area contributed by atoms with Crippen LogP contribution in [0.1, 0.15) is 13.3 Å². The van der Waals surface area contributed by atoms with E-state index >= 15 is 0 Å². The summed E-state index contributed by atoms with van der Waals surface area (Å²) in [6, 6.07) is 4.29. The molecule has 1 unspecified atom stereocenters. The monoisotopic (exact) mass is 240 g/mol. The molecule has 1 aromatic heterocycles. The van der Waals surface area contributed by atoms with Crippen molar-refractivity contribution in [2.75, 3.05) is 37.6 Å². The second kappa shape index (κ2) is 5.66. The Balaban J connectivity index is 1.78. The highest BCUT2D eigenvalue weighted by atomic mass is 32.1. The molecule has 1 fully saturated rings. The third kappa shape index (κ3) is 2.97. The van der Waals surface area contributed by atoms with E-state index in [-0.39, 0.29) is 6.10 Å². The van der Waals surface area contributed by atoms with Crippen molar-refractivity contribution in [3.8, 4) is 0 Å². The second-order valence-electron chi connectivity index (χ2n) is 4.30. The molecule has 1 aliphatic heterocycles. The van der Waals surface area contributed by atoms with Gasteiger partial charge in [-0.2, -0.15) is 0 Å². The average Bonchev–Trinajstić information content (AvgIpc) is 2.83. The first-order valence-electron chi connectivity index (χ1n) is 5.98. The molecule has 1 aromatic rings. The quantitative estimate of drug-likeness (QED) is 0.867. The largest absolute Gasteiger partial charge is 0.392 e. The molecule has 0 amide bonds. The number of anilines is 1. The molecule has 2 heterocycles. The van der Waals surface area contributed by atoms with E-state index in [1.165, 1.54) is 5.00 Å². The van der Waals surface area contributed by atoms with Gasteiger partial charge in [0.15, 0.2) is 0 Å². The lowest BCUT2D eigenvalue weighted by atomic mass is 10.2. The van der Waals surface area contributed by atoms with Gasteiger partial charge < -0.3 is 10.0 Å². The molecule has 4 heteroatoms. The summed E-state index contributed by atoms with van der Waals surface area (Å²) >= 11 is 1.81. The molecule has 0 saturated carbocycles. The van der Waals surface area contributed by atoms with Crippen LogP contribution in [-0.4, -0.2) is 48.8 Å². The first-order chi connectivity index (χ1) is 7.79. The van der Waals surface area contributed by atoms with Crippen molar-refractivity contribution in [3.63, 3.8) is 0 Å². The fourth-order valence-corrected chi connectivity index (χ4v) is 2.81. The predicted molar refractivity (Wildman–Crippen MR) is 69.3 cm³/mol. The zero-order chi connectivity index (χ0) is 11.4. The number of hydrogen-bond donors (Lipinski definition) is 1. The molecular weight excluding hydrogens is 220 g/mol.